The highest BCUT2D eigenvalue weighted by molar-refractivity contribution is 7.96. The van der Waals surface area contributed by atoms with E-state index in [1.54, 1.807) is 26.8 Å². The number of nitrogens with zero attached hydrogens (tertiary/aromatic N) is 4. The number of anilines is 1. The Bertz CT molecular complexity index is 3060. The summed E-state index contributed by atoms with van der Waals surface area (Å²) in [7, 11) is -0.467. The van der Waals surface area contributed by atoms with Crippen LogP contribution in [0.4, 0.5) is 5.82 Å². The number of aliphatic hydroxyl groups excluding tert-OH is 5. The number of nitrogens with two attached hydrogens (primary N) is 1. The van der Waals surface area contributed by atoms with Crippen LogP contribution in [0.25, 0.3) is 11.2 Å². The molecule has 97 heavy (non-hydrogen) atoms. The number of esters is 1. The Labute approximate surface area is 569 Å². The average molecular weight is 1390 g/mol. The molecule has 0 aromatic carbocycles. The van der Waals surface area contributed by atoms with Crippen LogP contribution in [0.3, 0.4) is 0 Å². The topological polar surface area (TPSA) is 410 Å². The molecule has 2 amide bonds. The molecule has 4 saturated heterocycles. The molecule has 9 aliphatic rings. The zero-order chi connectivity index (χ0) is 69.3. The number of fused-ring (bicyclic) bond motifs is 6. The number of aliphatic hydroxyl groups is 7. The largest absolute Gasteiger partial charge is 0.548 e. The number of nitrogen functional groups attached to an aromatic ring is 1. The molecule has 0 radical (unpaired) electrons. The fourth-order valence-electron chi connectivity index (χ4n) is 18.1. The number of amides is 2. The Kier molecular flexibility index (Phi) is 23.7. The SMILES string of the molecule is C[C@H]1OC(O[C@@H]2[C@@H](C)OCC[C@@]2(O)O[C@H]2[C@@H](O)CC(O[C@@H]3CC[C@@]4(C)[C@H](CCC5[C@@H]4C[C@@H](O)[C@]4(C)[C@@H](C6=CC(=O)OC6)CC[C@]54O)C3)O[C@@H]2C)C[C@H](O)[C@@H]1OCCCCCC(=O)NCCCCCC(=O)N[C@@H](CC[S+](C)C[C@H]1O[C@@H](n2cnc3c(N)ncnc32)[C@H](O)[C@@H]1O)C(=O)[O-]. The number of hydrogen-bond acceptors (Lipinski definition) is 25. The lowest BCUT2D eigenvalue weighted by Crippen LogP contribution is -2.67. The van der Waals surface area contributed by atoms with E-state index in [0.717, 1.165) is 37.7 Å². The van der Waals surface area contributed by atoms with Crippen molar-refractivity contribution in [2.24, 2.45) is 34.5 Å². The molecule has 28 nitrogen and oxygen atoms in total. The third-order valence-corrected chi connectivity index (χ3v) is 25.4. The standard InChI is InChI=1S/C68H105N7O21S/c1-36-58(89-24-12-8-10-13-50(79)70-23-11-7-9-14-51(80)74-45(64(84)85)19-26-97(6)33-48-56(82)57(83)63(94-48)75-35-73-55-61(69)71-34-72-62(55)75)46(76)30-54(91-36)95-60-38(3)88-25-22-68(60,87)96-59-37(2)92-53(31-47(59)77)93-41-17-20-65(4)40(28-41)15-16-43-44(65)29-49(78)66(5)42(18-21-67(43,66)86)39-27-52(81)90-32-39/h27,34-38,40-49,53-54,56-60,63,76-78,82-83,86-87H,7-26,28-33H2,1-6H3,(H4-,69,70,71,72,74,79,80,84,85)/t36-,37-,38-,40-,41-,42-,43?,44+,45+,46+,47+,48-,49-,53?,54?,56-,57-,58-,59-,60-,63-,65+,66+,67+,68-,97?/m1/s1. The lowest BCUT2D eigenvalue weighted by atomic mass is 9.42. The minimum absolute atomic E-state index is 0.0313. The summed E-state index contributed by atoms with van der Waals surface area (Å²) in [6.07, 6.45) is 3.33. The van der Waals surface area contributed by atoms with Gasteiger partial charge in [-0.25, -0.2) is 19.7 Å². The van der Waals surface area contributed by atoms with Gasteiger partial charge in [0.2, 0.25) is 11.8 Å². The lowest BCUT2D eigenvalue weighted by molar-refractivity contribution is -0.386. The van der Waals surface area contributed by atoms with Crippen LogP contribution in [0.1, 0.15) is 169 Å². The van der Waals surface area contributed by atoms with E-state index in [2.05, 4.69) is 32.5 Å². The summed E-state index contributed by atoms with van der Waals surface area (Å²) in [5.74, 6) is -2.95. The number of ether oxygens (including phenoxy) is 9. The van der Waals surface area contributed by atoms with Crippen molar-refractivity contribution in [3.05, 3.63) is 24.3 Å². The minimum atomic E-state index is -1.91. The number of carboxylic acids is 1. The molecule has 11 N–H and O–H groups in total. The number of imidazole rings is 1. The Morgan fingerprint density at radius 1 is 0.814 bits per heavy atom. The molecule has 26 atom stereocenters. The summed E-state index contributed by atoms with van der Waals surface area (Å²) in [5, 5.41) is 99.2. The Morgan fingerprint density at radius 3 is 2.26 bits per heavy atom. The van der Waals surface area contributed by atoms with E-state index in [9.17, 15) is 60.0 Å². The Balaban J connectivity index is 0.537. The smallest absolute Gasteiger partial charge is 0.331 e. The first-order chi connectivity index (χ1) is 46.2. The number of carbonyl (C=O) groups excluding carboxylic acids is 4. The summed E-state index contributed by atoms with van der Waals surface area (Å²) in [4.78, 5) is 61.7. The summed E-state index contributed by atoms with van der Waals surface area (Å²) >= 11 is 0. The van der Waals surface area contributed by atoms with Gasteiger partial charge in [0.1, 0.15) is 66.6 Å². The molecule has 5 aliphatic heterocycles. The first kappa shape index (κ1) is 73.9. The van der Waals surface area contributed by atoms with Gasteiger partial charge in [0.25, 0.3) is 0 Å². The third kappa shape index (κ3) is 15.7. The van der Waals surface area contributed by atoms with Crippen LogP contribution in [0.2, 0.25) is 0 Å². The Hall–Kier alpha value is -4.28. The number of unbranched alkanes of at least 4 members (excludes halogenated alkanes) is 4. The number of hydrogen-bond donors (Lipinski definition) is 10. The fourth-order valence-corrected chi connectivity index (χ4v) is 19.7. The van der Waals surface area contributed by atoms with Crippen LogP contribution < -0.4 is 21.5 Å². The minimum Gasteiger partial charge on any atom is -0.548 e. The number of aliphatic carboxylic acids is 1. The maximum absolute atomic E-state index is 12.7. The molecular formula is C68H105N7O21S. The maximum Gasteiger partial charge on any atom is 0.331 e. The summed E-state index contributed by atoms with van der Waals surface area (Å²) in [6.45, 7) is 10.8. The monoisotopic (exact) mass is 1390 g/mol. The van der Waals surface area contributed by atoms with Crippen LogP contribution in [-0.2, 0) is 72.7 Å². The number of nitrogens with one attached hydrogen (secondary N) is 2. The van der Waals surface area contributed by atoms with Crippen LogP contribution >= 0.6 is 0 Å². The van der Waals surface area contributed by atoms with Crippen molar-refractivity contribution in [3.8, 4) is 0 Å². The summed E-state index contributed by atoms with van der Waals surface area (Å²) < 4.78 is 57.1. The van der Waals surface area contributed by atoms with E-state index in [4.69, 9.17) is 48.4 Å². The molecule has 4 saturated carbocycles. The second-order valence-corrected chi connectivity index (χ2v) is 32.0. The van der Waals surface area contributed by atoms with Gasteiger partial charge in [0.15, 0.2) is 36.1 Å². The van der Waals surface area contributed by atoms with E-state index in [0.29, 0.717) is 106 Å². The molecule has 7 heterocycles. The zero-order valence-corrected chi connectivity index (χ0v) is 57.7. The molecule has 4 unspecified atom stereocenters. The van der Waals surface area contributed by atoms with Gasteiger partial charge < -0.3 is 105 Å². The van der Waals surface area contributed by atoms with Crippen molar-refractivity contribution in [1.29, 1.82) is 0 Å². The van der Waals surface area contributed by atoms with Crippen molar-refractivity contribution in [3.63, 3.8) is 0 Å². The van der Waals surface area contributed by atoms with Crippen molar-refractivity contribution >= 4 is 51.6 Å². The zero-order valence-electron chi connectivity index (χ0n) is 56.9. The normalized spacial score (nSPS) is 41.1. The van der Waals surface area contributed by atoms with E-state index >= 15 is 0 Å². The van der Waals surface area contributed by atoms with Crippen LogP contribution in [-0.4, -0.2) is 233 Å². The van der Waals surface area contributed by atoms with Crippen LogP contribution in [0.15, 0.2) is 24.3 Å². The molecule has 8 fully saturated rings. The van der Waals surface area contributed by atoms with Gasteiger partial charge in [-0.1, -0.05) is 26.7 Å². The molecule has 0 spiro atoms. The highest BCUT2D eigenvalue weighted by atomic mass is 32.2. The van der Waals surface area contributed by atoms with Gasteiger partial charge in [-0.3, -0.25) is 14.2 Å². The van der Waals surface area contributed by atoms with Crippen molar-refractivity contribution < 1.29 is 103 Å². The third-order valence-electron chi connectivity index (χ3n) is 23.6. The van der Waals surface area contributed by atoms with Crippen molar-refractivity contribution in [2.45, 2.75) is 279 Å². The fraction of sp³-hybridized carbons (Fsp3) is 0.838. The van der Waals surface area contributed by atoms with Gasteiger partial charge in [-0.05, 0) is 143 Å². The van der Waals surface area contributed by atoms with Gasteiger partial charge in [0.05, 0.1) is 79.5 Å². The van der Waals surface area contributed by atoms with Gasteiger partial charge >= 0.3 is 5.97 Å². The van der Waals surface area contributed by atoms with Crippen LogP contribution in [0.5, 0.6) is 0 Å². The molecule has 11 rings (SSSR count). The second kappa shape index (κ2) is 31.1. The second-order valence-electron chi connectivity index (χ2n) is 29.7. The summed E-state index contributed by atoms with van der Waals surface area (Å²) in [6, 6.07) is -1.21. The lowest BCUT2D eigenvalue weighted by Gasteiger charge is -2.65. The average Bonchev–Trinajstić information content (AvgIpc) is 1.62. The van der Waals surface area contributed by atoms with Gasteiger partial charge in [0, 0.05) is 63.2 Å². The molecule has 2 aromatic rings. The Morgan fingerprint density at radius 2 is 1.54 bits per heavy atom. The first-order valence-corrected chi connectivity index (χ1v) is 37.4. The summed E-state index contributed by atoms with van der Waals surface area (Å²) in [5.41, 5.74) is 5.51. The number of carbonyl (C=O) groups is 4. The highest BCUT2D eigenvalue weighted by Crippen LogP contribution is 2.70. The number of rotatable bonds is 28. The van der Waals surface area contributed by atoms with Crippen molar-refractivity contribution in [1.82, 2.24) is 30.2 Å². The number of aromatic nitrogens is 4. The number of carboxylic acid groups (broad SMARTS) is 1. The number of cyclic esters (lactones) is 1. The highest BCUT2D eigenvalue weighted by Gasteiger charge is 2.71. The van der Waals surface area contributed by atoms with E-state index < -0.39 is 138 Å². The predicted octanol–water partition coefficient (Wildman–Crippen LogP) is 1.40. The molecule has 0 bridgehead atoms. The molecule has 4 aliphatic carbocycles. The molecule has 544 valence electrons. The van der Waals surface area contributed by atoms with E-state index in [1.807, 2.05) is 13.2 Å². The van der Waals surface area contributed by atoms with Crippen LogP contribution in [0, 0.1) is 34.5 Å². The molecular weight excluding hydrogens is 1280 g/mol. The molecule has 29 heteroatoms. The van der Waals surface area contributed by atoms with Gasteiger partial charge in [-0.15, -0.1) is 0 Å². The first-order valence-electron chi connectivity index (χ1n) is 35.4. The van der Waals surface area contributed by atoms with E-state index in [1.165, 1.54) is 17.2 Å². The predicted molar refractivity (Wildman–Crippen MR) is 347 cm³/mol. The van der Waals surface area contributed by atoms with E-state index in [-0.39, 0.29) is 92.3 Å². The van der Waals surface area contributed by atoms with Crippen molar-refractivity contribution in [2.75, 3.05) is 49.9 Å². The molecule has 2 aromatic heterocycles. The van der Waals surface area contributed by atoms with Gasteiger partial charge in [-0.2, -0.15) is 0 Å². The quantitative estimate of drug-likeness (QED) is 0.0189. The maximum atomic E-state index is 12.7.